The summed E-state index contributed by atoms with van der Waals surface area (Å²) in [7, 11) is 1.86. The van der Waals surface area contributed by atoms with Gasteiger partial charge in [0.1, 0.15) is 11.6 Å². The molecule has 8 nitrogen and oxygen atoms in total. The van der Waals surface area contributed by atoms with E-state index in [9.17, 15) is 4.79 Å². The number of carbonyl (C=O) groups excluding carboxylic acids is 1. The number of aryl methyl sites for hydroxylation is 1. The standard InChI is InChI=1S/C13H19N7O/c1-3-14-12-9-6-16-19(2)13(9)18-10(17-12)7-20-5-4-15-11(21)8-20/h6H,3-5,7-8H2,1-2H3,(H,15,21)(H,14,17,18). The third-order valence-corrected chi connectivity index (χ3v) is 3.47. The molecule has 0 spiro atoms. The highest BCUT2D eigenvalue weighted by Gasteiger charge is 2.18. The summed E-state index contributed by atoms with van der Waals surface area (Å²) in [6.45, 7) is 5.25. The minimum atomic E-state index is 0.0507. The molecule has 8 heteroatoms. The number of rotatable bonds is 4. The maximum atomic E-state index is 11.4. The van der Waals surface area contributed by atoms with Gasteiger partial charge in [-0.05, 0) is 6.92 Å². The molecule has 0 aromatic carbocycles. The Morgan fingerprint density at radius 1 is 1.43 bits per heavy atom. The zero-order valence-electron chi connectivity index (χ0n) is 12.3. The summed E-state index contributed by atoms with van der Waals surface area (Å²) >= 11 is 0. The lowest BCUT2D eigenvalue weighted by Crippen LogP contribution is -2.47. The van der Waals surface area contributed by atoms with Gasteiger partial charge >= 0.3 is 0 Å². The van der Waals surface area contributed by atoms with Crippen molar-refractivity contribution >= 4 is 22.8 Å². The number of hydrogen-bond acceptors (Lipinski definition) is 6. The molecule has 2 aromatic rings. The Bertz CT molecular complexity index is 666. The summed E-state index contributed by atoms with van der Waals surface area (Å²) < 4.78 is 1.74. The van der Waals surface area contributed by atoms with Crippen LogP contribution in [0.15, 0.2) is 6.20 Å². The van der Waals surface area contributed by atoms with Gasteiger partial charge in [0.15, 0.2) is 5.65 Å². The van der Waals surface area contributed by atoms with Gasteiger partial charge in [0.2, 0.25) is 5.91 Å². The predicted octanol–water partition coefficient (Wildman–Crippen LogP) is -0.273. The lowest BCUT2D eigenvalue weighted by molar-refractivity contribution is -0.124. The second-order valence-corrected chi connectivity index (χ2v) is 5.08. The van der Waals surface area contributed by atoms with Crippen LogP contribution >= 0.6 is 0 Å². The Hall–Kier alpha value is -2.22. The first-order valence-corrected chi connectivity index (χ1v) is 7.09. The molecule has 0 atom stereocenters. The van der Waals surface area contributed by atoms with Crippen molar-refractivity contribution in [2.24, 2.45) is 7.05 Å². The molecule has 3 rings (SSSR count). The van der Waals surface area contributed by atoms with Crippen molar-refractivity contribution in [3.63, 3.8) is 0 Å². The van der Waals surface area contributed by atoms with Crippen LogP contribution in [0.2, 0.25) is 0 Å². The molecular weight excluding hydrogens is 270 g/mol. The van der Waals surface area contributed by atoms with Gasteiger partial charge in [0.05, 0.1) is 24.7 Å². The van der Waals surface area contributed by atoms with E-state index in [1.54, 1.807) is 10.9 Å². The van der Waals surface area contributed by atoms with Crippen molar-refractivity contribution in [3.05, 3.63) is 12.0 Å². The van der Waals surface area contributed by atoms with Gasteiger partial charge in [-0.25, -0.2) is 9.97 Å². The van der Waals surface area contributed by atoms with Gasteiger partial charge in [0.25, 0.3) is 0 Å². The number of nitrogens with one attached hydrogen (secondary N) is 2. The molecule has 0 unspecified atom stereocenters. The molecule has 1 amide bonds. The van der Waals surface area contributed by atoms with Gasteiger partial charge in [-0.3, -0.25) is 14.4 Å². The van der Waals surface area contributed by atoms with E-state index in [1.165, 1.54) is 0 Å². The van der Waals surface area contributed by atoms with E-state index in [4.69, 9.17) is 0 Å². The zero-order chi connectivity index (χ0) is 14.8. The second kappa shape index (κ2) is 5.65. The van der Waals surface area contributed by atoms with E-state index < -0.39 is 0 Å². The summed E-state index contributed by atoms with van der Waals surface area (Å²) in [4.78, 5) is 22.6. The highest BCUT2D eigenvalue weighted by molar-refractivity contribution is 5.86. The van der Waals surface area contributed by atoms with Crippen LogP contribution in [-0.2, 0) is 18.4 Å². The molecule has 1 aliphatic heterocycles. The highest BCUT2D eigenvalue weighted by Crippen LogP contribution is 2.20. The van der Waals surface area contributed by atoms with Gasteiger partial charge in [-0.15, -0.1) is 0 Å². The number of fused-ring (bicyclic) bond motifs is 1. The maximum Gasteiger partial charge on any atom is 0.234 e. The number of carbonyl (C=O) groups is 1. The normalized spacial score (nSPS) is 16.2. The van der Waals surface area contributed by atoms with Crippen LogP contribution in [0.1, 0.15) is 12.7 Å². The largest absolute Gasteiger partial charge is 0.370 e. The van der Waals surface area contributed by atoms with Crippen LogP contribution in [0, 0.1) is 0 Å². The molecule has 0 bridgehead atoms. The molecule has 2 aromatic heterocycles. The monoisotopic (exact) mass is 289 g/mol. The first-order chi connectivity index (χ1) is 10.2. The molecule has 0 radical (unpaired) electrons. The topological polar surface area (TPSA) is 88.0 Å². The number of anilines is 1. The van der Waals surface area contributed by atoms with Crippen LogP contribution in [0.5, 0.6) is 0 Å². The first-order valence-electron chi connectivity index (χ1n) is 7.09. The summed E-state index contributed by atoms with van der Waals surface area (Å²) in [5.41, 5.74) is 0.803. The molecule has 1 aliphatic rings. The van der Waals surface area contributed by atoms with Crippen molar-refractivity contribution < 1.29 is 4.79 Å². The number of hydrogen-bond donors (Lipinski definition) is 2. The molecule has 1 saturated heterocycles. The number of aromatic nitrogens is 4. The molecular formula is C13H19N7O. The number of nitrogens with zero attached hydrogens (tertiary/aromatic N) is 5. The minimum Gasteiger partial charge on any atom is -0.370 e. The smallest absolute Gasteiger partial charge is 0.234 e. The van der Waals surface area contributed by atoms with E-state index >= 15 is 0 Å². The van der Waals surface area contributed by atoms with Crippen LogP contribution in [0.3, 0.4) is 0 Å². The quantitative estimate of drug-likeness (QED) is 0.805. The van der Waals surface area contributed by atoms with Crippen LogP contribution in [-0.4, -0.2) is 56.7 Å². The third-order valence-electron chi connectivity index (χ3n) is 3.47. The minimum absolute atomic E-state index is 0.0507. The van der Waals surface area contributed by atoms with Crippen molar-refractivity contribution in [1.29, 1.82) is 0 Å². The number of piperazine rings is 1. The molecule has 3 heterocycles. The van der Waals surface area contributed by atoms with Crippen LogP contribution in [0.25, 0.3) is 11.0 Å². The van der Waals surface area contributed by atoms with Crippen molar-refractivity contribution in [1.82, 2.24) is 30.0 Å². The Labute approximate surface area is 122 Å². The summed E-state index contributed by atoms with van der Waals surface area (Å²) in [6, 6.07) is 0. The average molecular weight is 289 g/mol. The summed E-state index contributed by atoms with van der Waals surface area (Å²) in [6.07, 6.45) is 1.77. The first kappa shape index (κ1) is 13.7. The van der Waals surface area contributed by atoms with E-state index in [1.807, 2.05) is 18.9 Å². The fourth-order valence-corrected chi connectivity index (χ4v) is 2.47. The fraction of sp³-hybridized carbons (Fsp3) is 0.538. The molecule has 0 aliphatic carbocycles. The SMILES string of the molecule is CCNc1nc(CN2CCNC(=O)C2)nc2c1cnn2C. The Kier molecular flexibility index (Phi) is 3.70. The zero-order valence-corrected chi connectivity index (χ0v) is 12.3. The Morgan fingerprint density at radius 2 is 2.29 bits per heavy atom. The second-order valence-electron chi connectivity index (χ2n) is 5.08. The van der Waals surface area contributed by atoms with Gasteiger partial charge in [0, 0.05) is 26.7 Å². The van der Waals surface area contributed by atoms with E-state index in [2.05, 4.69) is 25.7 Å². The third kappa shape index (κ3) is 2.80. The lowest BCUT2D eigenvalue weighted by atomic mass is 10.3. The Morgan fingerprint density at radius 3 is 3.05 bits per heavy atom. The van der Waals surface area contributed by atoms with Crippen molar-refractivity contribution in [2.75, 3.05) is 31.5 Å². The summed E-state index contributed by atoms with van der Waals surface area (Å²) in [5, 5.41) is 11.2. The van der Waals surface area contributed by atoms with Gasteiger partial charge < -0.3 is 10.6 Å². The predicted molar refractivity (Wildman–Crippen MR) is 78.8 cm³/mol. The van der Waals surface area contributed by atoms with Crippen molar-refractivity contribution in [3.8, 4) is 0 Å². The Balaban J connectivity index is 1.90. The molecule has 0 saturated carbocycles. The van der Waals surface area contributed by atoms with E-state index in [0.29, 0.717) is 25.5 Å². The maximum absolute atomic E-state index is 11.4. The molecule has 2 N–H and O–H groups in total. The van der Waals surface area contributed by atoms with Crippen LogP contribution < -0.4 is 10.6 Å². The van der Waals surface area contributed by atoms with Gasteiger partial charge in [-0.1, -0.05) is 0 Å². The van der Waals surface area contributed by atoms with Gasteiger partial charge in [-0.2, -0.15) is 5.10 Å². The molecule has 1 fully saturated rings. The molecule has 112 valence electrons. The fourth-order valence-electron chi connectivity index (χ4n) is 2.47. The highest BCUT2D eigenvalue weighted by atomic mass is 16.2. The van der Waals surface area contributed by atoms with E-state index in [-0.39, 0.29) is 5.91 Å². The van der Waals surface area contributed by atoms with Crippen LogP contribution in [0.4, 0.5) is 5.82 Å². The van der Waals surface area contributed by atoms with E-state index in [0.717, 1.165) is 29.9 Å². The van der Waals surface area contributed by atoms with Crippen molar-refractivity contribution in [2.45, 2.75) is 13.5 Å². The number of amides is 1. The lowest BCUT2D eigenvalue weighted by Gasteiger charge is -2.25. The summed E-state index contributed by atoms with van der Waals surface area (Å²) in [5.74, 6) is 1.55. The average Bonchev–Trinajstić information content (AvgIpc) is 2.81. The molecule has 21 heavy (non-hydrogen) atoms.